The number of hydrogen-bond acceptors (Lipinski definition) is 1. The fraction of sp³-hybridized carbons (Fsp3) is 0.222. The van der Waals surface area contributed by atoms with Crippen LogP contribution >= 0.6 is 0 Å². The highest BCUT2D eigenvalue weighted by Crippen LogP contribution is 2.26. The van der Waals surface area contributed by atoms with Gasteiger partial charge in [0.15, 0.2) is 0 Å². The van der Waals surface area contributed by atoms with Crippen molar-refractivity contribution in [1.29, 1.82) is 0 Å². The number of benzene rings is 2. The van der Waals surface area contributed by atoms with Crippen molar-refractivity contribution in [2.45, 2.75) is 26.2 Å². The van der Waals surface area contributed by atoms with Crippen molar-refractivity contribution < 1.29 is 0 Å². The van der Waals surface area contributed by atoms with Crippen LogP contribution in [0, 0.1) is 0 Å². The van der Waals surface area contributed by atoms with Crippen molar-refractivity contribution in [3.05, 3.63) is 66.2 Å². The summed E-state index contributed by atoms with van der Waals surface area (Å²) < 4.78 is 0. The summed E-state index contributed by atoms with van der Waals surface area (Å²) in [5.74, 6) is 0. The van der Waals surface area contributed by atoms with Crippen molar-refractivity contribution in [1.82, 2.24) is 0 Å². The van der Waals surface area contributed by atoms with E-state index in [0.717, 1.165) is 16.9 Å². The summed E-state index contributed by atoms with van der Waals surface area (Å²) in [6.45, 7) is 10.5. The molecule has 0 bridgehead atoms. The average Bonchev–Trinajstić information content (AvgIpc) is 2.38. The van der Waals surface area contributed by atoms with Gasteiger partial charge in [0.1, 0.15) is 0 Å². The molecule has 2 rings (SSSR count). The Bertz CT molecular complexity index is 576. The molecule has 0 aliphatic rings. The minimum absolute atomic E-state index is 0.167. The zero-order valence-corrected chi connectivity index (χ0v) is 11.9. The van der Waals surface area contributed by atoms with E-state index in [1.807, 2.05) is 18.2 Å². The molecular weight excluding hydrogens is 230 g/mol. The summed E-state index contributed by atoms with van der Waals surface area (Å²) in [5, 5.41) is 3.44. The van der Waals surface area contributed by atoms with Crippen LogP contribution < -0.4 is 5.32 Å². The SMILES string of the molecule is C=Cc1cccc(Nc2cccc(C(C)(C)C)c2)c1. The summed E-state index contributed by atoms with van der Waals surface area (Å²) in [6.07, 6.45) is 1.86. The molecule has 2 aromatic rings. The number of rotatable bonds is 3. The van der Waals surface area contributed by atoms with Crippen LogP contribution in [0.4, 0.5) is 11.4 Å². The van der Waals surface area contributed by atoms with Crippen LogP contribution in [-0.4, -0.2) is 0 Å². The van der Waals surface area contributed by atoms with Gasteiger partial charge >= 0.3 is 0 Å². The van der Waals surface area contributed by atoms with Crippen LogP contribution in [0.25, 0.3) is 6.08 Å². The van der Waals surface area contributed by atoms with Gasteiger partial charge in [-0.1, -0.05) is 57.7 Å². The third kappa shape index (κ3) is 3.47. The molecule has 0 heterocycles. The molecule has 0 amide bonds. The topological polar surface area (TPSA) is 12.0 Å². The Kier molecular flexibility index (Phi) is 3.75. The summed E-state index contributed by atoms with van der Waals surface area (Å²) in [7, 11) is 0. The molecule has 0 atom stereocenters. The van der Waals surface area contributed by atoms with Crippen LogP contribution in [0.1, 0.15) is 31.9 Å². The van der Waals surface area contributed by atoms with Crippen molar-refractivity contribution >= 4 is 17.5 Å². The molecule has 0 fully saturated rings. The van der Waals surface area contributed by atoms with Gasteiger partial charge in [0, 0.05) is 11.4 Å². The predicted molar refractivity (Wildman–Crippen MR) is 85.0 cm³/mol. The first kappa shape index (κ1) is 13.4. The lowest BCUT2D eigenvalue weighted by Crippen LogP contribution is -2.11. The average molecular weight is 251 g/mol. The van der Waals surface area contributed by atoms with Crippen LogP contribution in [0.15, 0.2) is 55.1 Å². The highest BCUT2D eigenvalue weighted by Gasteiger charge is 2.13. The molecule has 0 aliphatic heterocycles. The van der Waals surface area contributed by atoms with Gasteiger partial charge in [-0.25, -0.2) is 0 Å². The number of anilines is 2. The minimum atomic E-state index is 0.167. The van der Waals surface area contributed by atoms with E-state index in [1.165, 1.54) is 5.56 Å². The molecule has 0 unspecified atom stereocenters. The quantitative estimate of drug-likeness (QED) is 0.773. The second-order valence-electron chi connectivity index (χ2n) is 5.79. The van der Waals surface area contributed by atoms with Crippen LogP contribution in [0.3, 0.4) is 0 Å². The summed E-state index contributed by atoms with van der Waals surface area (Å²) in [4.78, 5) is 0. The second kappa shape index (κ2) is 5.31. The second-order valence-corrected chi connectivity index (χ2v) is 5.79. The van der Waals surface area contributed by atoms with E-state index < -0.39 is 0 Å². The Labute approximate surface area is 116 Å². The van der Waals surface area contributed by atoms with E-state index in [2.05, 4.69) is 69.1 Å². The molecule has 1 N–H and O–H groups in total. The van der Waals surface area contributed by atoms with Crippen molar-refractivity contribution in [2.24, 2.45) is 0 Å². The molecule has 19 heavy (non-hydrogen) atoms. The summed E-state index contributed by atoms with van der Waals surface area (Å²) >= 11 is 0. The third-order valence-electron chi connectivity index (χ3n) is 3.14. The molecule has 0 aromatic heterocycles. The molecular formula is C18H21N. The monoisotopic (exact) mass is 251 g/mol. The lowest BCUT2D eigenvalue weighted by atomic mass is 9.87. The molecule has 0 saturated heterocycles. The van der Waals surface area contributed by atoms with Gasteiger partial charge in [0.2, 0.25) is 0 Å². The Balaban J connectivity index is 2.25. The van der Waals surface area contributed by atoms with E-state index in [1.54, 1.807) is 0 Å². The molecule has 0 radical (unpaired) electrons. The highest BCUT2D eigenvalue weighted by molar-refractivity contribution is 5.64. The maximum absolute atomic E-state index is 3.80. The van der Waals surface area contributed by atoms with Gasteiger partial charge in [-0.15, -0.1) is 0 Å². The van der Waals surface area contributed by atoms with Crippen molar-refractivity contribution in [2.75, 3.05) is 5.32 Å². The molecule has 98 valence electrons. The van der Waals surface area contributed by atoms with Gasteiger partial charge in [-0.2, -0.15) is 0 Å². The lowest BCUT2D eigenvalue weighted by Gasteiger charge is -2.20. The number of nitrogens with one attached hydrogen (secondary N) is 1. The normalized spacial score (nSPS) is 11.1. The Morgan fingerprint density at radius 1 is 0.947 bits per heavy atom. The minimum Gasteiger partial charge on any atom is -0.356 e. The van der Waals surface area contributed by atoms with Crippen LogP contribution in [0.5, 0.6) is 0 Å². The first-order chi connectivity index (χ1) is 8.99. The van der Waals surface area contributed by atoms with Gasteiger partial charge in [-0.05, 0) is 40.8 Å². The lowest BCUT2D eigenvalue weighted by molar-refractivity contribution is 0.590. The van der Waals surface area contributed by atoms with E-state index in [4.69, 9.17) is 0 Å². The van der Waals surface area contributed by atoms with E-state index in [0.29, 0.717) is 0 Å². The molecule has 0 saturated carbocycles. The van der Waals surface area contributed by atoms with Crippen molar-refractivity contribution in [3.8, 4) is 0 Å². The standard InChI is InChI=1S/C18H21N/c1-5-14-8-6-10-16(12-14)19-17-11-7-9-15(13-17)18(2,3)4/h5-13,19H,1H2,2-4H3. The third-order valence-corrected chi connectivity index (χ3v) is 3.14. The maximum atomic E-state index is 3.80. The van der Waals surface area contributed by atoms with E-state index >= 15 is 0 Å². The zero-order chi connectivity index (χ0) is 13.9. The van der Waals surface area contributed by atoms with Gasteiger partial charge in [0.05, 0.1) is 0 Å². The number of hydrogen-bond donors (Lipinski definition) is 1. The van der Waals surface area contributed by atoms with Gasteiger partial charge in [-0.3, -0.25) is 0 Å². The fourth-order valence-corrected chi connectivity index (χ4v) is 1.97. The fourth-order valence-electron chi connectivity index (χ4n) is 1.97. The van der Waals surface area contributed by atoms with E-state index in [9.17, 15) is 0 Å². The summed E-state index contributed by atoms with van der Waals surface area (Å²) in [5.41, 5.74) is 4.83. The van der Waals surface area contributed by atoms with Crippen molar-refractivity contribution in [3.63, 3.8) is 0 Å². The van der Waals surface area contributed by atoms with Crippen LogP contribution in [0.2, 0.25) is 0 Å². The zero-order valence-electron chi connectivity index (χ0n) is 11.9. The first-order valence-corrected chi connectivity index (χ1v) is 6.59. The van der Waals surface area contributed by atoms with E-state index in [-0.39, 0.29) is 5.41 Å². The maximum Gasteiger partial charge on any atom is 0.0390 e. The molecule has 2 aromatic carbocycles. The van der Waals surface area contributed by atoms with Crippen LogP contribution in [-0.2, 0) is 5.41 Å². The largest absolute Gasteiger partial charge is 0.356 e. The molecule has 0 spiro atoms. The molecule has 0 aliphatic carbocycles. The Hall–Kier alpha value is -2.02. The molecule has 1 heteroatoms. The summed E-state index contributed by atoms with van der Waals surface area (Å²) in [6, 6.07) is 16.8. The van der Waals surface area contributed by atoms with Gasteiger partial charge < -0.3 is 5.32 Å². The highest BCUT2D eigenvalue weighted by atomic mass is 14.9. The predicted octanol–water partition coefficient (Wildman–Crippen LogP) is 5.37. The Morgan fingerprint density at radius 2 is 1.58 bits per heavy atom. The smallest absolute Gasteiger partial charge is 0.0390 e. The molecule has 1 nitrogen and oxygen atoms in total. The first-order valence-electron chi connectivity index (χ1n) is 6.59. The Morgan fingerprint density at radius 3 is 2.21 bits per heavy atom. The van der Waals surface area contributed by atoms with Gasteiger partial charge in [0.25, 0.3) is 0 Å².